The van der Waals surface area contributed by atoms with E-state index in [1.54, 1.807) is 36.5 Å². The summed E-state index contributed by atoms with van der Waals surface area (Å²) in [5, 5.41) is 2.85. The number of ether oxygens (including phenoxy) is 1. The number of morpholine rings is 1. The zero-order chi connectivity index (χ0) is 24.1. The normalized spacial score (nSPS) is 18.4. The summed E-state index contributed by atoms with van der Waals surface area (Å²) in [4.78, 5) is 19.4. The van der Waals surface area contributed by atoms with Gasteiger partial charge in [-0.3, -0.25) is 9.52 Å². The molecule has 1 aliphatic rings. The second-order valence-electron chi connectivity index (χ2n) is 8.37. The maximum absolute atomic E-state index is 12.5. The van der Waals surface area contributed by atoms with E-state index < -0.39 is 10.0 Å². The molecule has 34 heavy (non-hydrogen) atoms. The lowest BCUT2D eigenvalue weighted by atomic mass is 10.2. The Balaban J connectivity index is 1.33. The number of para-hydroxylation sites is 1. The number of anilines is 2. The van der Waals surface area contributed by atoms with Gasteiger partial charge in [-0.15, -0.1) is 0 Å². The summed E-state index contributed by atoms with van der Waals surface area (Å²) in [6, 6.07) is 18.4. The van der Waals surface area contributed by atoms with Crippen LogP contribution >= 0.6 is 0 Å². The van der Waals surface area contributed by atoms with Crippen LogP contribution < -0.4 is 14.9 Å². The van der Waals surface area contributed by atoms with Gasteiger partial charge in [0.05, 0.1) is 17.1 Å². The van der Waals surface area contributed by atoms with Crippen molar-refractivity contribution in [1.29, 1.82) is 0 Å². The van der Waals surface area contributed by atoms with E-state index in [4.69, 9.17) is 4.74 Å². The fourth-order valence-electron chi connectivity index (χ4n) is 3.86. The zero-order valence-electron chi connectivity index (χ0n) is 19.1. The lowest BCUT2D eigenvalue weighted by Crippen LogP contribution is -2.45. The van der Waals surface area contributed by atoms with Gasteiger partial charge in [0.2, 0.25) is 0 Å². The summed E-state index contributed by atoms with van der Waals surface area (Å²) in [5.41, 5.74) is 1.72. The lowest BCUT2D eigenvalue weighted by molar-refractivity contribution is -0.00546. The highest BCUT2D eigenvalue weighted by Crippen LogP contribution is 2.19. The number of hydrogen-bond donors (Lipinski definition) is 2. The Kier molecular flexibility index (Phi) is 7.14. The van der Waals surface area contributed by atoms with E-state index in [1.807, 2.05) is 26.0 Å². The van der Waals surface area contributed by atoms with Gasteiger partial charge in [0.15, 0.2) is 0 Å². The van der Waals surface area contributed by atoms with Gasteiger partial charge in [-0.25, -0.2) is 13.4 Å². The number of benzene rings is 2. The van der Waals surface area contributed by atoms with Gasteiger partial charge in [-0.1, -0.05) is 24.3 Å². The summed E-state index contributed by atoms with van der Waals surface area (Å²) < 4.78 is 33.4. The summed E-state index contributed by atoms with van der Waals surface area (Å²) in [6.07, 6.45) is 2.06. The minimum atomic E-state index is -3.73. The number of amides is 1. The summed E-state index contributed by atoms with van der Waals surface area (Å²) in [7, 11) is -3.73. The first-order valence-corrected chi connectivity index (χ1v) is 12.6. The molecule has 2 heterocycles. The maximum Gasteiger partial charge on any atom is 0.261 e. The molecular weight excluding hydrogens is 452 g/mol. The van der Waals surface area contributed by atoms with Crippen molar-refractivity contribution in [3.8, 4) is 0 Å². The average molecular weight is 481 g/mol. The Labute approximate surface area is 200 Å². The molecule has 2 atom stereocenters. The van der Waals surface area contributed by atoms with E-state index >= 15 is 0 Å². The standard InChI is InChI=1S/C25H28N4O4S/c1-18-16-29(17-19(2)33-18)24-13-8-20(14-26-24)15-27-25(30)21-9-11-23(12-10-21)34(31,32)28-22-6-4-3-5-7-22/h3-14,18-19,28H,15-17H2,1-2H3,(H,27,30). The van der Waals surface area contributed by atoms with Crippen LogP contribution in [-0.2, 0) is 21.3 Å². The van der Waals surface area contributed by atoms with Crippen LogP contribution in [0.2, 0.25) is 0 Å². The van der Waals surface area contributed by atoms with Gasteiger partial charge in [0.1, 0.15) is 5.82 Å². The minimum Gasteiger partial charge on any atom is -0.372 e. The van der Waals surface area contributed by atoms with Crippen molar-refractivity contribution in [2.24, 2.45) is 0 Å². The van der Waals surface area contributed by atoms with E-state index in [0.717, 1.165) is 24.5 Å². The van der Waals surface area contributed by atoms with Crippen molar-refractivity contribution in [2.75, 3.05) is 22.7 Å². The lowest BCUT2D eigenvalue weighted by Gasteiger charge is -2.36. The SMILES string of the molecule is CC1CN(c2ccc(CNC(=O)c3ccc(S(=O)(=O)Nc4ccccc4)cc3)cn2)CC(C)O1. The number of carbonyl (C=O) groups excluding carboxylic acids is 1. The summed E-state index contributed by atoms with van der Waals surface area (Å²) >= 11 is 0. The molecule has 1 aromatic heterocycles. The number of sulfonamides is 1. The monoisotopic (exact) mass is 480 g/mol. The third-order valence-electron chi connectivity index (χ3n) is 5.46. The third kappa shape index (κ3) is 5.92. The molecule has 1 amide bonds. The highest BCUT2D eigenvalue weighted by atomic mass is 32.2. The first kappa shape index (κ1) is 23.7. The Hall–Kier alpha value is -3.43. The second-order valence-corrected chi connectivity index (χ2v) is 10.0. The molecule has 1 fully saturated rings. The first-order valence-electron chi connectivity index (χ1n) is 11.1. The molecule has 1 saturated heterocycles. The predicted octanol–water partition coefficient (Wildman–Crippen LogP) is 3.43. The van der Waals surface area contributed by atoms with Crippen LogP contribution in [0, 0.1) is 0 Å². The highest BCUT2D eigenvalue weighted by molar-refractivity contribution is 7.92. The Morgan fingerprint density at radius 3 is 2.29 bits per heavy atom. The van der Waals surface area contributed by atoms with Crippen LogP contribution in [0.25, 0.3) is 0 Å². The zero-order valence-corrected chi connectivity index (χ0v) is 20.0. The molecule has 2 N–H and O–H groups in total. The number of pyridine rings is 1. The second kappa shape index (κ2) is 10.2. The minimum absolute atomic E-state index is 0.0828. The Morgan fingerprint density at radius 2 is 1.68 bits per heavy atom. The molecule has 0 saturated carbocycles. The topological polar surface area (TPSA) is 101 Å². The van der Waals surface area contributed by atoms with Crippen LogP contribution in [0.4, 0.5) is 11.5 Å². The van der Waals surface area contributed by atoms with Crippen LogP contribution in [0.1, 0.15) is 29.8 Å². The molecule has 1 aliphatic heterocycles. The van der Waals surface area contributed by atoms with Crippen molar-refractivity contribution in [1.82, 2.24) is 10.3 Å². The van der Waals surface area contributed by atoms with Crippen molar-refractivity contribution in [3.63, 3.8) is 0 Å². The van der Waals surface area contributed by atoms with Crippen molar-refractivity contribution < 1.29 is 17.9 Å². The van der Waals surface area contributed by atoms with Crippen LogP contribution in [0.5, 0.6) is 0 Å². The smallest absolute Gasteiger partial charge is 0.261 e. The summed E-state index contributed by atoms with van der Waals surface area (Å²) in [5.74, 6) is 0.595. The molecule has 0 spiro atoms. The number of nitrogens with one attached hydrogen (secondary N) is 2. The predicted molar refractivity (Wildman–Crippen MR) is 131 cm³/mol. The van der Waals surface area contributed by atoms with Gasteiger partial charge in [0.25, 0.3) is 15.9 Å². The van der Waals surface area contributed by atoms with Gasteiger partial charge >= 0.3 is 0 Å². The van der Waals surface area contributed by atoms with Gasteiger partial charge in [0, 0.05) is 37.1 Å². The van der Waals surface area contributed by atoms with E-state index in [1.165, 1.54) is 24.3 Å². The molecule has 0 aliphatic carbocycles. The molecule has 3 aromatic rings. The first-order chi connectivity index (χ1) is 16.3. The quantitative estimate of drug-likeness (QED) is 0.537. The third-order valence-corrected chi connectivity index (χ3v) is 6.86. The van der Waals surface area contributed by atoms with E-state index in [-0.39, 0.29) is 23.0 Å². The number of carbonyl (C=O) groups is 1. The Bertz CT molecular complexity index is 1210. The van der Waals surface area contributed by atoms with Crippen molar-refractivity contribution in [3.05, 3.63) is 84.1 Å². The van der Waals surface area contributed by atoms with Crippen LogP contribution in [0.15, 0.2) is 77.8 Å². The number of hydrogen-bond acceptors (Lipinski definition) is 6. The van der Waals surface area contributed by atoms with Crippen molar-refractivity contribution in [2.45, 2.75) is 37.5 Å². The summed E-state index contributed by atoms with van der Waals surface area (Å²) in [6.45, 7) is 6.00. The molecular formula is C25H28N4O4S. The fraction of sp³-hybridized carbons (Fsp3) is 0.280. The van der Waals surface area contributed by atoms with Gasteiger partial charge in [-0.2, -0.15) is 0 Å². The average Bonchev–Trinajstić information content (AvgIpc) is 2.83. The van der Waals surface area contributed by atoms with Crippen LogP contribution in [-0.4, -0.2) is 44.6 Å². The molecule has 0 radical (unpaired) electrons. The largest absolute Gasteiger partial charge is 0.372 e. The molecule has 0 bridgehead atoms. The van der Waals surface area contributed by atoms with Crippen molar-refractivity contribution >= 4 is 27.4 Å². The number of rotatable bonds is 7. The maximum atomic E-state index is 12.5. The molecule has 4 rings (SSSR count). The molecule has 8 nitrogen and oxygen atoms in total. The fourth-order valence-corrected chi connectivity index (χ4v) is 4.92. The Morgan fingerprint density at radius 1 is 1.00 bits per heavy atom. The highest BCUT2D eigenvalue weighted by Gasteiger charge is 2.23. The number of nitrogens with zero attached hydrogens (tertiary/aromatic N) is 2. The molecule has 2 unspecified atom stereocenters. The molecule has 2 aromatic carbocycles. The van der Waals surface area contributed by atoms with Gasteiger partial charge in [-0.05, 0) is 61.9 Å². The molecule has 9 heteroatoms. The molecule has 178 valence electrons. The number of aromatic nitrogens is 1. The van der Waals surface area contributed by atoms with E-state index in [0.29, 0.717) is 17.8 Å². The van der Waals surface area contributed by atoms with E-state index in [2.05, 4.69) is 19.9 Å². The van der Waals surface area contributed by atoms with Crippen LogP contribution in [0.3, 0.4) is 0 Å². The van der Waals surface area contributed by atoms with Gasteiger partial charge < -0.3 is 15.0 Å². The van der Waals surface area contributed by atoms with E-state index in [9.17, 15) is 13.2 Å².